The van der Waals surface area contributed by atoms with Crippen molar-refractivity contribution >= 4 is 17.8 Å². The van der Waals surface area contributed by atoms with Crippen LogP contribution in [0.5, 0.6) is 23.0 Å². The molecule has 154 valence electrons. The van der Waals surface area contributed by atoms with Crippen molar-refractivity contribution in [1.29, 1.82) is 0 Å². The molecule has 1 amide bonds. The number of hydrazone groups is 1. The average molecular weight is 403 g/mol. The molecule has 10 heteroatoms. The summed E-state index contributed by atoms with van der Waals surface area (Å²) in [5, 5.41) is 25.0. The maximum Gasteiger partial charge on any atom is 0.274 e. The number of carbonyl (C=O) groups excluding carboxylic acids is 1. The second-order valence-corrected chi connectivity index (χ2v) is 5.73. The first-order valence-electron chi connectivity index (χ1n) is 8.56. The standard InChI is InChI=1S/C19H21N3O7/c1-4-29-17-10-14(22(25)26)9-13(19(17)24)11-20-21-18(23)8-12-5-6-15(27-2)16(7-12)28-3/h5-7,9-11,24H,4,8H2,1-3H3,(H,21,23)/b20-11+. The van der Waals surface area contributed by atoms with Gasteiger partial charge in [-0.1, -0.05) is 6.07 Å². The molecule has 2 N–H and O–H groups in total. The zero-order valence-electron chi connectivity index (χ0n) is 16.2. The predicted molar refractivity (Wildman–Crippen MR) is 105 cm³/mol. The average Bonchev–Trinajstić information content (AvgIpc) is 2.70. The molecule has 0 fully saturated rings. The summed E-state index contributed by atoms with van der Waals surface area (Å²) in [5.74, 6) is 0.255. The summed E-state index contributed by atoms with van der Waals surface area (Å²) in [5.41, 5.74) is 2.75. The number of hydrogen-bond acceptors (Lipinski definition) is 8. The number of amides is 1. The number of phenols is 1. The van der Waals surface area contributed by atoms with E-state index in [1.807, 2.05) is 0 Å². The Morgan fingerprint density at radius 2 is 1.93 bits per heavy atom. The lowest BCUT2D eigenvalue weighted by atomic mass is 10.1. The third kappa shape index (κ3) is 5.58. The number of rotatable bonds is 9. The van der Waals surface area contributed by atoms with Crippen molar-refractivity contribution in [3.8, 4) is 23.0 Å². The zero-order valence-corrected chi connectivity index (χ0v) is 16.2. The van der Waals surface area contributed by atoms with Gasteiger partial charge in [0.1, 0.15) is 0 Å². The van der Waals surface area contributed by atoms with Crippen molar-refractivity contribution in [2.75, 3.05) is 20.8 Å². The fourth-order valence-electron chi connectivity index (χ4n) is 2.47. The summed E-state index contributed by atoms with van der Waals surface area (Å²) in [6.45, 7) is 1.90. The Morgan fingerprint density at radius 1 is 1.21 bits per heavy atom. The Bertz CT molecular complexity index is 928. The third-order valence-electron chi connectivity index (χ3n) is 3.81. The number of nitrogens with zero attached hydrogens (tertiary/aromatic N) is 2. The van der Waals surface area contributed by atoms with Gasteiger partial charge in [-0.05, 0) is 24.6 Å². The minimum Gasteiger partial charge on any atom is -0.504 e. The van der Waals surface area contributed by atoms with Crippen LogP contribution in [0.3, 0.4) is 0 Å². The number of methoxy groups -OCH3 is 2. The second-order valence-electron chi connectivity index (χ2n) is 5.73. The highest BCUT2D eigenvalue weighted by atomic mass is 16.6. The maximum absolute atomic E-state index is 12.1. The summed E-state index contributed by atoms with van der Waals surface area (Å²) in [6.07, 6.45) is 1.13. The van der Waals surface area contributed by atoms with Crippen LogP contribution in [0, 0.1) is 10.1 Å². The van der Waals surface area contributed by atoms with Crippen LogP contribution in [-0.2, 0) is 11.2 Å². The van der Waals surface area contributed by atoms with Gasteiger partial charge in [-0.15, -0.1) is 0 Å². The van der Waals surface area contributed by atoms with E-state index in [1.165, 1.54) is 14.2 Å². The normalized spacial score (nSPS) is 10.6. The van der Waals surface area contributed by atoms with E-state index in [0.717, 1.165) is 18.3 Å². The monoisotopic (exact) mass is 403 g/mol. The number of nitro groups is 1. The van der Waals surface area contributed by atoms with Crippen LogP contribution in [0.1, 0.15) is 18.1 Å². The van der Waals surface area contributed by atoms with Crippen LogP contribution in [0.2, 0.25) is 0 Å². The predicted octanol–water partition coefficient (Wildman–Crippen LogP) is 2.41. The topological polar surface area (TPSA) is 133 Å². The van der Waals surface area contributed by atoms with Gasteiger partial charge in [-0.25, -0.2) is 5.43 Å². The Morgan fingerprint density at radius 3 is 2.55 bits per heavy atom. The number of nitro benzene ring substituents is 1. The maximum atomic E-state index is 12.1. The SMILES string of the molecule is CCOc1cc([N+](=O)[O-])cc(/C=N/NC(=O)Cc2ccc(OC)c(OC)c2)c1O. The van der Waals surface area contributed by atoms with Gasteiger partial charge in [0.15, 0.2) is 23.0 Å². The number of benzene rings is 2. The highest BCUT2D eigenvalue weighted by Gasteiger charge is 2.16. The van der Waals surface area contributed by atoms with E-state index >= 15 is 0 Å². The largest absolute Gasteiger partial charge is 0.504 e. The zero-order chi connectivity index (χ0) is 21.4. The molecule has 0 radical (unpaired) electrons. The molecule has 2 aromatic carbocycles. The van der Waals surface area contributed by atoms with Crippen molar-refractivity contribution < 1.29 is 29.0 Å². The molecule has 0 saturated heterocycles. The minimum absolute atomic E-state index is 0.0167. The first-order valence-corrected chi connectivity index (χ1v) is 8.56. The van der Waals surface area contributed by atoms with Crippen LogP contribution < -0.4 is 19.6 Å². The Labute approximate surface area is 166 Å². The lowest BCUT2D eigenvalue weighted by Crippen LogP contribution is -2.19. The molecule has 10 nitrogen and oxygen atoms in total. The van der Waals surface area contributed by atoms with Gasteiger partial charge in [0.2, 0.25) is 5.91 Å². The van der Waals surface area contributed by atoms with Crippen LogP contribution in [-0.4, -0.2) is 43.0 Å². The Kier molecular flexibility index (Phi) is 7.35. The molecular weight excluding hydrogens is 382 g/mol. The van der Waals surface area contributed by atoms with Gasteiger partial charge in [0.25, 0.3) is 5.69 Å². The summed E-state index contributed by atoms with van der Waals surface area (Å²) in [7, 11) is 3.01. The van der Waals surface area contributed by atoms with Gasteiger partial charge in [0, 0.05) is 11.6 Å². The summed E-state index contributed by atoms with van der Waals surface area (Å²) in [6, 6.07) is 7.31. The molecule has 0 aliphatic carbocycles. The summed E-state index contributed by atoms with van der Waals surface area (Å²) < 4.78 is 15.5. The quantitative estimate of drug-likeness (QED) is 0.373. The number of hydrogen-bond donors (Lipinski definition) is 2. The lowest BCUT2D eigenvalue weighted by Gasteiger charge is -2.09. The summed E-state index contributed by atoms with van der Waals surface area (Å²) >= 11 is 0. The first-order chi connectivity index (χ1) is 13.9. The second kappa shape index (κ2) is 9.93. The molecule has 29 heavy (non-hydrogen) atoms. The number of ether oxygens (including phenoxy) is 3. The van der Waals surface area contributed by atoms with Crippen molar-refractivity contribution in [2.24, 2.45) is 5.10 Å². The van der Waals surface area contributed by atoms with Crippen LogP contribution in [0.4, 0.5) is 5.69 Å². The summed E-state index contributed by atoms with van der Waals surface area (Å²) in [4.78, 5) is 22.5. The molecule has 2 aromatic rings. The highest BCUT2D eigenvalue weighted by Crippen LogP contribution is 2.33. The van der Waals surface area contributed by atoms with E-state index in [0.29, 0.717) is 17.1 Å². The molecular formula is C19H21N3O7. The molecule has 0 aromatic heterocycles. The number of nitrogens with one attached hydrogen (secondary N) is 1. The van der Waals surface area contributed by atoms with Gasteiger partial charge in [-0.2, -0.15) is 5.10 Å². The van der Waals surface area contributed by atoms with E-state index in [9.17, 15) is 20.0 Å². The number of aromatic hydroxyl groups is 1. The number of phenolic OH excluding ortho intramolecular Hbond substituents is 1. The van der Waals surface area contributed by atoms with Crippen LogP contribution in [0.15, 0.2) is 35.4 Å². The molecule has 0 spiro atoms. The van der Waals surface area contributed by atoms with E-state index in [2.05, 4.69) is 10.5 Å². The van der Waals surface area contributed by atoms with E-state index < -0.39 is 10.8 Å². The van der Waals surface area contributed by atoms with E-state index in [-0.39, 0.29) is 35.8 Å². The van der Waals surface area contributed by atoms with Crippen LogP contribution >= 0.6 is 0 Å². The molecule has 0 aliphatic rings. The van der Waals surface area contributed by atoms with Crippen molar-refractivity contribution in [3.63, 3.8) is 0 Å². The van der Waals surface area contributed by atoms with Crippen molar-refractivity contribution in [2.45, 2.75) is 13.3 Å². The smallest absolute Gasteiger partial charge is 0.274 e. The molecule has 0 atom stereocenters. The fourth-order valence-corrected chi connectivity index (χ4v) is 2.47. The molecule has 0 bridgehead atoms. The Hall–Kier alpha value is -3.82. The molecule has 0 heterocycles. The number of non-ortho nitro benzene ring substituents is 1. The molecule has 0 unspecified atom stereocenters. The highest BCUT2D eigenvalue weighted by molar-refractivity contribution is 5.87. The molecule has 0 saturated carbocycles. The van der Waals surface area contributed by atoms with Gasteiger partial charge in [0.05, 0.1) is 44.5 Å². The van der Waals surface area contributed by atoms with Gasteiger partial charge < -0.3 is 19.3 Å². The van der Waals surface area contributed by atoms with Crippen molar-refractivity contribution in [1.82, 2.24) is 5.43 Å². The van der Waals surface area contributed by atoms with Gasteiger partial charge in [-0.3, -0.25) is 14.9 Å². The van der Waals surface area contributed by atoms with Crippen molar-refractivity contribution in [3.05, 3.63) is 51.6 Å². The Balaban J connectivity index is 2.11. The minimum atomic E-state index is -0.616. The fraction of sp³-hybridized carbons (Fsp3) is 0.263. The third-order valence-corrected chi connectivity index (χ3v) is 3.81. The molecule has 0 aliphatic heterocycles. The van der Waals surface area contributed by atoms with Crippen LogP contribution in [0.25, 0.3) is 0 Å². The van der Waals surface area contributed by atoms with Gasteiger partial charge >= 0.3 is 0 Å². The first kappa shape index (κ1) is 21.5. The lowest BCUT2D eigenvalue weighted by molar-refractivity contribution is -0.385. The number of carbonyl (C=O) groups is 1. The van der Waals surface area contributed by atoms with E-state index in [1.54, 1.807) is 25.1 Å². The molecule has 2 rings (SSSR count). The van der Waals surface area contributed by atoms with E-state index in [4.69, 9.17) is 14.2 Å².